The van der Waals surface area contributed by atoms with Crippen LogP contribution in [0.1, 0.15) is 16.8 Å². The van der Waals surface area contributed by atoms with E-state index in [-0.39, 0.29) is 18.5 Å². The first kappa shape index (κ1) is 14.5. The van der Waals surface area contributed by atoms with Crippen LogP contribution in [0.2, 0.25) is 0 Å². The molecular weight excluding hydrogens is 252 g/mol. The van der Waals surface area contributed by atoms with E-state index in [4.69, 9.17) is 5.11 Å². The number of carbonyl (C=O) groups excluding carboxylic acids is 2. The molecule has 102 valence electrons. The largest absolute Gasteiger partial charge is 0.478 e. The van der Waals surface area contributed by atoms with Gasteiger partial charge in [0.2, 0.25) is 0 Å². The highest BCUT2D eigenvalue weighted by molar-refractivity contribution is 5.93. The topological polar surface area (TPSA) is 105 Å². The Balaban J connectivity index is 2.46. The molecule has 3 N–H and O–H groups in total. The van der Waals surface area contributed by atoms with E-state index in [1.807, 2.05) is 0 Å². The Kier molecular flexibility index (Phi) is 5.34. The zero-order chi connectivity index (χ0) is 14.3. The molecule has 7 nitrogen and oxygen atoms in total. The molecule has 0 heterocycles. The molecular formula is C12H14N2O5. The summed E-state index contributed by atoms with van der Waals surface area (Å²) in [6, 6.07) is 5.32. The third kappa shape index (κ3) is 5.07. The van der Waals surface area contributed by atoms with Crippen molar-refractivity contribution < 1.29 is 24.2 Å². The number of benzene rings is 1. The molecule has 0 saturated carbocycles. The number of methoxy groups -OCH3 is 1. The summed E-state index contributed by atoms with van der Waals surface area (Å²) in [4.78, 5) is 33.0. The van der Waals surface area contributed by atoms with Gasteiger partial charge in [0.25, 0.3) is 0 Å². The number of carbonyl (C=O) groups is 3. The van der Waals surface area contributed by atoms with Crippen molar-refractivity contribution in [2.45, 2.75) is 6.42 Å². The lowest BCUT2D eigenvalue weighted by Crippen LogP contribution is -2.30. The van der Waals surface area contributed by atoms with Crippen molar-refractivity contribution in [3.05, 3.63) is 29.8 Å². The maximum absolute atomic E-state index is 11.4. The Morgan fingerprint density at radius 2 is 2.05 bits per heavy atom. The molecule has 1 rings (SSSR count). The van der Waals surface area contributed by atoms with Gasteiger partial charge in [0.1, 0.15) is 0 Å². The van der Waals surface area contributed by atoms with Crippen LogP contribution in [-0.2, 0) is 9.53 Å². The molecule has 0 saturated heterocycles. The van der Waals surface area contributed by atoms with Crippen LogP contribution in [0.3, 0.4) is 0 Å². The highest BCUT2D eigenvalue weighted by Gasteiger charge is 2.06. The van der Waals surface area contributed by atoms with E-state index in [9.17, 15) is 14.4 Å². The maximum Gasteiger partial charge on any atom is 0.335 e. The summed E-state index contributed by atoms with van der Waals surface area (Å²) in [6.07, 6.45) is 0.0685. The highest BCUT2D eigenvalue weighted by Crippen LogP contribution is 2.10. The van der Waals surface area contributed by atoms with Crippen LogP contribution in [0.4, 0.5) is 10.5 Å². The number of amides is 2. The van der Waals surface area contributed by atoms with E-state index in [0.717, 1.165) is 0 Å². The van der Waals surface area contributed by atoms with Crippen molar-refractivity contribution in [3.8, 4) is 0 Å². The van der Waals surface area contributed by atoms with Gasteiger partial charge in [0.15, 0.2) is 0 Å². The van der Waals surface area contributed by atoms with Gasteiger partial charge < -0.3 is 20.5 Å². The molecule has 1 aromatic carbocycles. The second kappa shape index (κ2) is 7.00. The molecule has 2 amide bonds. The van der Waals surface area contributed by atoms with Crippen LogP contribution in [0.25, 0.3) is 0 Å². The first-order valence-corrected chi connectivity index (χ1v) is 5.48. The summed E-state index contributed by atoms with van der Waals surface area (Å²) in [5.74, 6) is -1.50. The third-order valence-corrected chi connectivity index (χ3v) is 2.21. The van der Waals surface area contributed by atoms with Gasteiger partial charge in [0, 0.05) is 12.2 Å². The number of carboxylic acids is 1. The molecule has 0 aromatic heterocycles. The summed E-state index contributed by atoms with van der Waals surface area (Å²) in [7, 11) is 1.26. The van der Waals surface area contributed by atoms with Crippen molar-refractivity contribution in [1.82, 2.24) is 5.32 Å². The number of carboxylic acid groups (broad SMARTS) is 1. The van der Waals surface area contributed by atoms with Crippen molar-refractivity contribution in [2.24, 2.45) is 0 Å². The molecule has 1 aromatic rings. The summed E-state index contributed by atoms with van der Waals surface area (Å²) in [5.41, 5.74) is 0.433. The summed E-state index contributed by atoms with van der Waals surface area (Å²) in [6.45, 7) is 0.136. The molecule has 0 unspecified atom stereocenters. The minimum atomic E-state index is -1.07. The fraction of sp³-hybridized carbons (Fsp3) is 0.250. The van der Waals surface area contributed by atoms with Gasteiger partial charge in [-0.15, -0.1) is 0 Å². The van der Waals surface area contributed by atoms with Crippen LogP contribution >= 0.6 is 0 Å². The fourth-order valence-corrected chi connectivity index (χ4v) is 1.29. The van der Waals surface area contributed by atoms with Gasteiger partial charge in [0.05, 0.1) is 19.1 Å². The highest BCUT2D eigenvalue weighted by atomic mass is 16.5. The smallest absolute Gasteiger partial charge is 0.335 e. The molecule has 0 atom stereocenters. The van der Waals surface area contributed by atoms with Crippen molar-refractivity contribution in [2.75, 3.05) is 19.0 Å². The quantitative estimate of drug-likeness (QED) is 0.691. The van der Waals surface area contributed by atoms with Crippen molar-refractivity contribution >= 4 is 23.7 Å². The van der Waals surface area contributed by atoms with Crippen molar-refractivity contribution in [1.29, 1.82) is 0 Å². The average molecular weight is 266 g/mol. The Hall–Kier alpha value is -2.57. The lowest BCUT2D eigenvalue weighted by Gasteiger charge is -2.07. The van der Waals surface area contributed by atoms with Crippen LogP contribution in [-0.4, -0.2) is 36.7 Å². The summed E-state index contributed by atoms with van der Waals surface area (Å²) >= 11 is 0. The molecule has 7 heteroatoms. The Bertz CT molecular complexity index is 487. The molecule has 0 radical (unpaired) electrons. The Labute approximate surface area is 109 Å². The molecule has 0 fully saturated rings. The molecule has 0 spiro atoms. The number of rotatable bonds is 5. The number of hydrogen-bond donors (Lipinski definition) is 3. The minimum Gasteiger partial charge on any atom is -0.478 e. The first-order chi connectivity index (χ1) is 9.02. The zero-order valence-corrected chi connectivity index (χ0v) is 10.3. The number of anilines is 1. The van der Waals surface area contributed by atoms with Crippen LogP contribution in [0, 0.1) is 0 Å². The van der Waals surface area contributed by atoms with Crippen LogP contribution in [0.15, 0.2) is 24.3 Å². The predicted octanol–water partition coefficient (Wildman–Crippen LogP) is 1.07. The fourth-order valence-electron chi connectivity index (χ4n) is 1.29. The van der Waals surface area contributed by atoms with Gasteiger partial charge in [-0.2, -0.15) is 0 Å². The van der Waals surface area contributed by atoms with E-state index in [1.165, 1.54) is 25.3 Å². The monoisotopic (exact) mass is 266 g/mol. The number of urea groups is 1. The lowest BCUT2D eigenvalue weighted by molar-refractivity contribution is -0.140. The van der Waals surface area contributed by atoms with E-state index in [0.29, 0.717) is 5.69 Å². The van der Waals surface area contributed by atoms with Gasteiger partial charge >= 0.3 is 18.0 Å². The Morgan fingerprint density at radius 3 is 2.68 bits per heavy atom. The molecule has 0 aliphatic carbocycles. The third-order valence-electron chi connectivity index (χ3n) is 2.21. The van der Waals surface area contributed by atoms with Gasteiger partial charge in [-0.25, -0.2) is 9.59 Å². The number of aromatic carboxylic acids is 1. The van der Waals surface area contributed by atoms with E-state index in [2.05, 4.69) is 15.4 Å². The molecule has 19 heavy (non-hydrogen) atoms. The molecule has 0 bridgehead atoms. The van der Waals surface area contributed by atoms with Gasteiger partial charge in [-0.3, -0.25) is 4.79 Å². The predicted molar refractivity (Wildman–Crippen MR) is 67.1 cm³/mol. The zero-order valence-electron chi connectivity index (χ0n) is 10.3. The normalized spacial score (nSPS) is 9.53. The molecule has 0 aliphatic rings. The summed E-state index contributed by atoms with van der Waals surface area (Å²) in [5, 5.41) is 13.7. The SMILES string of the molecule is COC(=O)CCNC(=O)Nc1cccc(C(=O)O)c1. The number of nitrogens with one attached hydrogen (secondary N) is 2. The summed E-state index contributed by atoms with van der Waals surface area (Å²) < 4.78 is 4.42. The number of ether oxygens (including phenoxy) is 1. The number of hydrogen-bond acceptors (Lipinski definition) is 4. The van der Waals surface area contributed by atoms with E-state index < -0.39 is 18.0 Å². The van der Waals surface area contributed by atoms with Crippen molar-refractivity contribution in [3.63, 3.8) is 0 Å². The Morgan fingerprint density at radius 1 is 1.32 bits per heavy atom. The second-order valence-electron chi connectivity index (χ2n) is 3.59. The molecule has 0 aliphatic heterocycles. The standard InChI is InChI=1S/C12H14N2O5/c1-19-10(15)5-6-13-12(18)14-9-4-2-3-8(7-9)11(16)17/h2-4,7H,5-6H2,1H3,(H,16,17)(H2,13,14,18). The van der Waals surface area contributed by atoms with E-state index in [1.54, 1.807) is 6.07 Å². The van der Waals surface area contributed by atoms with E-state index >= 15 is 0 Å². The lowest BCUT2D eigenvalue weighted by atomic mass is 10.2. The van der Waals surface area contributed by atoms with Gasteiger partial charge in [-0.1, -0.05) is 6.07 Å². The van der Waals surface area contributed by atoms with Gasteiger partial charge in [-0.05, 0) is 18.2 Å². The average Bonchev–Trinajstić information content (AvgIpc) is 2.38. The van der Waals surface area contributed by atoms with Crippen LogP contribution < -0.4 is 10.6 Å². The number of esters is 1. The maximum atomic E-state index is 11.4. The minimum absolute atomic E-state index is 0.0685. The van der Waals surface area contributed by atoms with Crippen LogP contribution in [0.5, 0.6) is 0 Å². The first-order valence-electron chi connectivity index (χ1n) is 5.48. The second-order valence-corrected chi connectivity index (χ2v) is 3.59.